The highest BCUT2D eigenvalue weighted by Crippen LogP contribution is 2.41. The molecule has 2 aliphatic rings. The molecular weight excluding hydrogens is 228 g/mol. The first kappa shape index (κ1) is 12.1. The minimum Gasteiger partial charge on any atom is -0.380 e. The van der Waals surface area contributed by atoms with Gasteiger partial charge in [-0.1, -0.05) is 0 Å². The van der Waals surface area contributed by atoms with Gasteiger partial charge in [0.2, 0.25) is 0 Å². The second-order valence-corrected chi connectivity index (χ2v) is 6.11. The molecule has 2 atom stereocenters. The van der Waals surface area contributed by atoms with Crippen molar-refractivity contribution < 1.29 is 5.11 Å². The van der Waals surface area contributed by atoms with Crippen LogP contribution < -0.4 is 0 Å². The molecular formula is C13H22N4O. The van der Waals surface area contributed by atoms with Crippen LogP contribution in [0.5, 0.6) is 0 Å². The Morgan fingerprint density at radius 2 is 2.17 bits per heavy atom. The highest BCUT2D eigenvalue weighted by molar-refractivity contribution is 5.11. The lowest BCUT2D eigenvalue weighted by Gasteiger charge is -2.24. The van der Waals surface area contributed by atoms with Gasteiger partial charge in [0, 0.05) is 24.7 Å². The highest BCUT2D eigenvalue weighted by atomic mass is 16.3. The van der Waals surface area contributed by atoms with Crippen LogP contribution in [-0.2, 0) is 5.60 Å². The molecule has 1 saturated heterocycles. The van der Waals surface area contributed by atoms with Gasteiger partial charge in [0.05, 0.1) is 0 Å². The zero-order valence-corrected chi connectivity index (χ0v) is 11.4. The van der Waals surface area contributed by atoms with Gasteiger partial charge in [0.1, 0.15) is 11.9 Å². The normalized spacial score (nSPS) is 33.5. The molecule has 3 rings (SSSR count). The van der Waals surface area contributed by atoms with Gasteiger partial charge < -0.3 is 5.11 Å². The van der Waals surface area contributed by atoms with Crippen molar-refractivity contribution >= 4 is 0 Å². The van der Waals surface area contributed by atoms with Gasteiger partial charge in [-0.2, -0.15) is 5.10 Å². The van der Waals surface area contributed by atoms with Gasteiger partial charge in [-0.05, 0) is 40.0 Å². The van der Waals surface area contributed by atoms with E-state index in [1.807, 2.05) is 4.68 Å². The molecule has 2 fully saturated rings. The molecule has 18 heavy (non-hydrogen) atoms. The maximum Gasteiger partial charge on any atom is 0.160 e. The summed E-state index contributed by atoms with van der Waals surface area (Å²) >= 11 is 0. The molecule has 1 saturated carbocycles. The summed E-state index contributed by atoms with van der Waals surface area (Å²) in [5, 5.41) is 15.2. The van der Waals surface area contributed by atoms with Crippen LogP contribution in [0.25, 0.3) is 0 Å². The molecule has 0 bridgehead atoms. The third-order valence-corrected chi connectivity index (χ3v) is 4.14. The lowest BCUT2D eigenvalue weighted by Crippen LogP contribution is -2.35. The smallest absolute Gasteiger partial charge is 0.160 e. The lowest BCUT2D eigenvalue weighted by atomic mass is 9.99. The molecule has 100 valence electrons. The van der Waals surface area contributed by atoms with Gasteiger partial charge in [-0.15, -0.1) is 0 Å². The number of aliphatic hydroxyl groups is 1. The fraction of sp³-hybridized carbons (Fsp3) is 0.846. The third-order valence-electron chi connectivity index (χ3n) is 4.14. The molecule has 0 spiro atoms. The van der Waals surface area contributed by atoms with Crippen LogP contribution in [0, 0.1) is 0 Å². The quantitative estimate of drug-likeness (QED) is 0.878. The number of hydrogen-bond acceptors (Lipinski definition) is 4. The maximum atomic E-state index is 10.9. The van der Waals surface area contributed by atoms with Crippen LogP contribution in [0.1, 0.15) is 51.9 Å². The molecule has 1 N–H and O–H groups in total. The van der Waals surface area contributed by atoms with E-state index in [1.54, 1.807) is 6.33 Å². The Morgan fingerprint density at radius 3 is 2.78 bits per heavy atom. The predicted octanol–water partition coefficient (Wildman–Crippen LogP) is 1.30. The highest BCUT2D eigenvalue weighted by Gasteiger charge is 2.49. The van der Waals surface area contributed by atoms with Crippen LogP contribution in [-0.4, -0.2) is 43.4 Å². The Kier molecular flexibility index (Phi) is 2.71. The molecule has 1 aromatic rings. The van der Waals surface area contributed by atoms with Crippen LogP contribution in [0.2, 0.25) is 0 Å². The summed E-state index contributed by atoms with van der Waals surface area (Å²) in [6.45, 7) is 7.04. The van der Waals surface area contributed by atoms with Gasteiger partial charge in [-0.3, -0.25) is 4.90 Å². The van der Waals surface area contributed by atoms with Crippen molar-refractivity contribution in [3.63, 3.8) is 0 Å². The molecule has 2 unspecified atom stereocenters. The summed E-state index contributed by atoms with van der Waals surface area (Å²) in [6, 6.07) is 1.35. The Balaban J connectivity index is 1.88. The topological polar surface area (TPSA) is 54.2 Å². The molecule has 5 heteroatoms. The summed E-state index contributed by atoms with van der Waals surface area (Å²) < 4.78 is 1.85. The maximum absolute atomic E-state index is 10.9. The minimum atomic E-state index is -0.831. The summed E-state index contributed by atoms with van der Waals surface area (Å²) in [5.41, 5.74) is -0.831. The average Bonchev–Trinajstić information content (AvgIpc) is 2.90. The Bertz CT molecular complexity index is 440. The Morgan fingerprint density at radius 1 is 1.44 bits per heavy atom. The van der Waals surface area contributed by atoms with E-state index in [-0.39, 0.29) is 6.04 Å². The van der Waals surface area contributed by atoms with E-state index >= 15 is 0 Å². The van der Waals surface area contributed by atoms with Crippen molar-refractivity contribution in [2.24, 2.45) is 0 Å². The monoisotopic (exact) mass is 250 g/mol. The van der Waals surface area contributed by atoms with E-state index < -0.39 is 5.60 Å². The van der Waals surface area contributed by atoms with Crippen molar-refractivity contribution in [2.45, 2.75) is 63.8 Å². The molecule has 1 aromatic heterocycles. The predicted molar refractivity (Wildman–Crippen MR) is 68.1 cm³/mol. The molecule has 0 amide bonds. The van der Waals surface area contributed by atoms with E-state index in [9.17, 15) is 5.11 Å². The second kappa shape index (κ2) is 4.03. The van der Waals surface area contributed by atoms with Crippen molar-refractivity contribution in [3.8, 4) is 0 Å². The Labute approximate surface area is 108 Å². The van der Waals surface area contributed by atoms with Crippen LogP contribution in [0.3, 0.4) is 0 Å². The largest absolute Gasteiger partial charge is 0.380 e. The SMILES string of the molecule is CC1CC(O)(c2ncnn2C(C)C)CN1C1CC1. The van der Waals surface area contributed by atoms with Gasteiger partial charge >= 0.3 is 0 Å². The zero-order chi connectivity index (χ0) is 12.9. The number of rotatable bonds is 3. The van der Waals surface area contributed by atoms with E-state index in [1.165, 1.54) is 12.8 Å². The number of β-amino-alcohol motifs (C(OH)–C–C–N with tert-alkyl or cyclic N) is 1. The van der Waals surface area contributed by atoms with Crippen LogP contribution >= 0.6 is 0 Å². The lowest BCUT2D eigenvalue weighted by molar-refractivity contribution is 0.0304. The molecule has 1 aliphatic carbocycles. The molecule has 1 aliphatic heterocycles. The minimum absolute atomic E-state index is 0.233. The standard InChI is InChI=1S/C13H22N4O/c1-9(2)17-12(14-8-15-17)13(18)6-10(3)16(7-13)11-4-5-11/h8-11,18H,4-7H2,1-3H3. The fourth-order valence-corrected chi connectivity index (χ4v) is 3.15. The molecule has 2 heterocycles. The summed E-state index contributed by atoms with van der Waals surface area (Å²) in [6.07, 6.45) is 4.86. The van der Waals surface area contributed by atoms with Gasteiger partial charge in [0.25, 0.3) is 0 Å². The first-order valence-corrected chi connectivity index (χ1v) is 6.89. The van der Waals surface area contributed by atoms with Crippen molar-refractivity contribution in [2.75, 3.05) is 6.54 Å². The van der Waals surface area contributed by atoms with Crippen molar-refractivity contribution in [1.82, 2.24) is 19.7 Å². The summed E-state index contributed by atoms with van der Waals surface area (Å²) in [4.78, 5) is 6.74. The van der Waals surface area contributed by atoms with E-state index in [0.29, 0.717) is 18.6 Å². The average molecular weight is 250 g/mol. The van der Waals surface area contributed by atoms with Crippen molar-refractivity contribution in [3.05, 3.63) is 12.2 Å². The summed E-state index contributed by atoms with van der Waals surface area (Å²) in [5.74, 6) is 0.729. The first-order valence-electron chi connectivity index (χ1n) is 6.89. The van der Waals surface area contributed by atoms with Gasteiger partial charge in [-0.25, -0.2) is 9.67 Å². The fourth-order valence-electron chi connectivity index (χ4n) is 3.15. The van der Waals surface area contributed by atoms with E-state index in [2.05, 4.69) is 35.8 Å². The second-order valence-electron chi connectivity index (χ2n) is 6.11. The van der Waals surface area contributed by atoms with Gasteiger partial charge in [0.15, 0.2) is 5.82 Å². The number of hydrogen-bond donors (Lipinski definition) is 1. The number of aromatic nitrogens is 3. The Hall–Kier alpha value is -0.940. The number of likely N-dealkylation sites (tertiary alicyclic amines) is 1. The van der Waals surface area contributed by atoms with E-state index in [4.69, 9.17) is 0 Å². The van der Waals surface area contributed by atoms with Crippen LogP contribution in [0.15, 0.2) is 6.33 Å². The molecule has 0 radical (unpaired) electrons. The van der Waals surface area contributed by atoms with Crippen molar-refractivity contribution in [1.29, 1.82) is 0 Å². The first-order chi connectivity index (χ1) is 8.51. The van der Waals surface area contributed by atoms with E-state index in [0.717, 1.165) is 12.2 Å². The third kappa shape index (κ3) is 1.86. The number of nitrogens with zero attached hydrogens (tertiary/aromatic N) is 4. The molecule has 5 nitrogen and oxygen atoms in total. The zero-order valence-electron chi connectivity index (χ0n) is 11.4. The van der Waals surface area contributed by atoms with Crippen LogP contribution in [0.4, 0.5) is 0 Å². The summed E-state index contributed by atoms with van der Waals surface area (Å²) in [7, 11) is 0. The molecule has 0 aromatic carbocycles.